The molecule has 6 heteroatoms. The minimum absolute atomic E-state index is 0.00768. The van der Waals surface area contributed by atoms with Crippen LogP contribution in [-0.4, -0.2) is 60.8 Å². The Morgan fingerprint density at radius 3 is 2.65 bits per heavy atom. The Kier molecular flexibility index (Phi) is 6.95. The van der Waals surface area contributed by atoms with Crippen molar-refractivity contribution in [3.63, 3.8) is 0 Å². The number of ether oxygens (including phenoxy) is 1. The van der Waals surface area contributed by atoms with Gasteiger partial charge in [-0.1, -0.05) is 13.8 Å². The summed E-state index contributed by atoms with van der Waals surface area (Å²) in [6.07, 6.45) is 1.00. The Labute approximate surface area is 120 Å². The van der Waals surface area contributed by atoms with Gasteiger partial charge in [0.1, 0.15) is 0 Å². The first kappa shape index (κ1) is 16.9. The van der Waals surface area contributed by atoms with Crippen LogP contribution in [0.5, 0.6) is 0 Å². The topological polar surface area (TPSA) is 78.9 Å². The lowest BCUT2D eigenvalue weighted by atomic mass is 10.0. The summed E-state index contributed by atoms with van der Waals surface area (Å²) < 4.78 is 5.41. The number of aliphatic carboxylic acids is 1. The number of amides is 1. The van der Waals surface area contributed by atoms with Crippen LogP contribution in [0.2, 0.25) is 0 Å². The number of carboxylic acids is 1. The highest BCUT2D eigenvalue weighted by molar-refractivity contribution is 5.81. The van der Waals surface area contributed by atoms with Gasteiger partial charge in [0.2, 0.25) is 5.91 Å². The quantitative estimate of drug-likeness (QED) is 0.682. The fraction of sp³-hybridized carbons (Fsp3) is 0.857. The number of hydrogen-bond donors (Lipinski definition) is 2. The van der Waals surface area contributed by atoms with Gasteiger partial charge in [0.05, 0.1) is 25.0 Å². The lowest BCUT2D eigenvalue weighted by Gasteiger charge is -2.28. The van der Waals surface area contributed by atoms with Crippen molar-refractivity contribution in [2.45, 2.75) is 33.2 Å². The highest BCUT2D eigenvalue weighted by Gasteiger charge is 2.36. The smallest absolute Gasteiger partial charge is 0.308 e. The Morgan fingerprint density at radius 2 is 2.10 bits per heavy atom. The van der Waals surface area contributed by atoms with Crippen molar-refractivity contribution in [2.75, 3.05) is 32.8 Å². The third kappa shape index (κ3) is 4.45. The van der Waals surface area contributed by atoms with E-state index in [-0.39, 0.29) is 24.4 Å². The first-order valence-electron chi connectivity index (χ1n) is 7.33. The molecule has 1 rings (SSSR count). The first-order chi connectivity index (χ1) is 9.51. The molecule has 2 N–H and O–H groups in total. The predicted octanol–water partition coefficient (Wildman–Crippen LogP) is 0.570. The Bertz CT molecular complexity index is 335. The summed E-state index contributed by atoms with van der Waals surface area (Å²) in [5.41, 5.74) is 0. The standard InChI is InChI=1S/C14H26N2O4/c1-4-6-15-12-9-20-8-11(12)13(17)16(5-2)7-10(3)14(18)19/h10-12,15H,4-9H2,1-3H3,(H,18,19). The van der Waals surface area contributed by atoms with Crippen molar-refractivity contribution in [1.82, 2.24) is 10.2 Å². The van der Waals surface area contributed by atoms with Crippen LogP contribution in [0.4, 0.5) is 0 Å². The number of carbonyl (C=O) groups excluding carboxylic acids is 1. The number of carboxylic acid groups (broad SMARTS) is 1. The fourth-order valence-electron chi connectivity index (χ4n) is 2.35. The number of rotatable bonds is 8. The maximum atomic E-state index is 12.5. The molecular formula is C14H26N2O4. The van der Waals surface area contributed by atoms with Gasteiger partial charge in [-0.05, 0) is 19.9 Å². The van der Waals surface area contributed by atoms with Gasteiger partial charge >= 0.3 is 5.97 Å². The van der Waals surface area contributed by atoms with Gasteiger partial charge in [-0.15, -0.1) is 0 Å². The van der Waals surface area contributed by atoms with Crippen LogP contribution in [0, 0.1) is 11.8 Å². The maximum absolute atomic E-state index is 12.5. The van der Waals surface area contributed by atoms with E-state index >= 15 is 0 Å². The zero-order valence-corrected chi connectivity index (χ0v) is 12.6. The first-order valence-corrected chi connectivity index (χ1v) is 7.33. The highest BCUT2D eigenvalue weighted by atomic mass is 16.5. The molecule has 0 spiro atoms. The van der Waals surface area contributed by atoms with Crippen molar-refractivity contribution in [3.05, 3.63) is 0 Å². The SMILES string of the molecule is CCCNC1COCC1C(=O)N(CC)CC(C)C(=O)O. The molecule has 3 unspecified atom stereocenters. The summed E-state index contributed by atoms with van der Waals surface area (Å²) in [5, 5.41) is 12.3. The van der Waals surface area contributed by atoms with Crippen molar-refractivity contribution < 1.29 is 19.4 Å². The number of nitrogens with one attached hydrogen (secondary N) is 1. The molecule has 1 heterocycles. The van der Waals surface area contributed by atoms with E-state index in [0.717, 1.165) is 13.0 Å². The van der Waals surface area contributed by atoms with Gasteiger partial charge in [-0.25, -0.2) is 0 Å². The zero-order chi connectivity index (χ0) is 15.1. The third-order valence-electron chi connectivity index (χ3n) is 3.66. The Hall–Kier alpha value is -1.14. The van der Waals surface area contributed by atoms with Crippen molar-refractivity contribution in [2.24, 2.45) is 11.8 Å². The van der Waals surface area contributed by atoms with Gasteiger partial charge in [0, 0.05) is 19.1 Å². The van der Waals surface area contributed by atoms with Crippen LogP contribution in [-0.2, 0) is 14.3 Å². The van der Waals surface area contributed by atoms with Crippen LogP contribution in [0.1, 0.15) is 27.2 Å². The molecule has 0 radical (unpaired) electrons. The molecule has 20 heavy (non-hydrogen) atoms. The van der Waals surface area contributed by atoms with E-state index in [4.69, 9.17) is 9.84 Å². The molecular weight excluding hydrogens is 260 g/mol. The van der Waals surface area contributed by atoms with Crippen LogP contribution in [0.15, 0.2) is 0 Å². The second-order valence-corrected chi connectivity index (χ2v) is 5.32. The van der Waals surface area contributed by atoms with E-state index in [0.29, 0.717) is 19.8 Å². The van der Waals surface area contributed by atoms with Gasteiger partial charge in [-0.2, -0.15) is 0 Å². The van der Waals surface area contributed by atoms with E-state index in [9.17, 15) is 9.59 Å². The minimum atomic E-state index is -0.875. The monoisotopic (exact) mass is 286 g/mol. The Morgan fingerprint density at radius 1 is 1.40 bits per heavy atom. The van der Waals surface area contributed by atoms with E-state index in [1.807, 2.05) is 6.92 Å². The van der Waals surface area contributed by atoms with E-state index in [2.05, 4.69) is 12.2 Å². The van der Waals surface area contributed by atoms with Gasteiger partial charge < -0.3 is 20.1 Å². The van der Waals surface area contributed by atoms with Gasteiger partial charge in [0.25, 0.3) is 0 Å². The summed E-state index contributed by atoms with van der Waals surface area (Å²) in [6, 6.07) is 0.0386. The van der Waals surface area contributed by atoms with Crippen molar-refractivity contribution >= 4 is 11.9 Å². The normalized spacial score (nSPS) is 23.6. The third-order valence-corrected chi connectivity index (χ3v) is 3.66. The molecule has 1 fully saturated rings. The van der Waals surface area contributed by atoms with E-state index in [1.54, 1.807) is 11.8 Å². The average Bonchev–Trinajstić information content (AvgIpc) is 2.89. The molecule has 1 amide bonds. The summed E-state index contributed by atoms with van der Waals surface area (Å²) in [7, 11) is 0. The average molecular weight is 286 g/mol. The molecule has 0 aromatic heterocycles. The molecule has 1 aliphatic heterocycles. The van der Waals surface area contributed by atoms with Gasteiger partial charge in [0.15, 0.2) is 0 Å². The van der Waals surface area contributed by atoms with Gasteiger partial charge in [-0.3, -0.25) is 9.59 Å². The van der Waals surface area contributed by atoms with Crippen LogP contribution in [0.3, 0.4) is 0 Å². The van der Waals surface area contributed by atoms with E-state index < -0.39 is 11.9 Å². The minimum Gasteiger partial charge on any atom is -0.481 e. The molecule has 1 aliphatic rings. The maximum Gasteiger partial charge on any atom is 0.308 e. The number of nitrogens with zero attached hydrogens (tertiary/aromatic N) is 1. The summed E-state index contributed by atoms with van der Waals surface area (Å²) in [4.78, 5) is 25.1. The molecule has 0 aromatic rings. The summed E-state index contributed by atoms with van der Waals surface area (Å²) in [5.74, 6) is -1.64. The lowest BCUT2D eigenvalue weighted by Crippen LogP contribution is -2.47. The number of hydrogen-bond acceptors (Lipinski definition) is 4. The molecule has 0 bridgehead atoms. The zero-order valence-electron chi connectivity index (χ0n) is 12.6. The molecule has 6 nitrogen and oxygen atoms in total. The largest absolute Gasteiger partial charge is 0.481 e. The van der Waals surface area contributed by atoms with E-state index in [1.165, 1.54) is 0 Å². The Balaban J connectivity index is 2.62. The second-order valence-electron chi connectivity index (χ2n) is 5.32. The highest BCUT2D eigenvalue weighted by Crippen LogP contribution is 2.17. The molecule has 0 aliphatic carbocycles. The summed E-state index contributed by atoms with van der Waals surface area (Å²) in [6.45, 7) is 8.16. The van der Waals surface area contributed by atoms with Crippen LogP contribution >= 0.6 is 0 Å². The van der Waals surface area contributed by atoms with Crippen molar-refractivity contribution in [3.8, 4) is 0 Å². The molecule has 116 valence electrons. The molecule has 1 saturated heterocycles. The molecule has 3 atom stereocenters. The van der Waals surface area contributed by atoms with Crippen LogP contribution in [0.25, 0.3) is 0 Å². The second kappa shape index (κ2) is 8.21. The van der Waals surface area contributed by atoms with Crippen LogP contribution < -0.4 is 5.32 Å². The fourth-order valence-corrected chi connectivity index (χ4v) is 2.35. The lowest BCUT2D eigenvalue weighted by molar-refractivity contribution is -0.144. The molecule has 0 aromatic carbocycles. The predicted molar refractivity (Wildman–Crippen MR) is 75.4 cm³/mol. The molecule has 0 saturated carbocycles. The number of carbonyl (C=O) groups is 2. The van der Waals surface area contributed by atoms with Crippen molar-refractivity contribution in [1.29, 1.82) is 0 Å². The summed E-state index contributed by atoms with van der Waals surface area (Å²) >= 11 is 0.